The van der Waals surface area contributed by atoms with E-state index in [9.17, 15) is 9.90 Å². The Morgan fingerprint density at radius 3 is 2.61 bits per heavy atom. The van der Waals surface area contributed by atoms with E-state index in [1.54, 1.807) is 6.07 Å². The lowest BCUT2D eigenvalue weighted by molar-refractivity contribution is 0.0697. The van der Waals surface area contributed by atoms with Crippen LogP contribution in [0.15, 0.2) is 12.1 Å². The largest absolute Gasteiger partial charge is 0.478 e. The Morgan fingerprint density at radius 2 is 2.00 bits per heavy atom. The van der Waals surface area contributed by atoms with Crippen LogP contribution in [0.25, 0.3) is 0 Å². The van der Waals surface area contributed by atoms with Gasteiger partial charge in [-0.05, 0) is 25.0 Å². The number of nitrogen functional groups attached to an aromatic ring is 1. The van der Waals surface area contributed by atoms with E-state index in [1.165, 1.54) is 12.5 Å². The first kappa shape index (κ1) is 13.0. The summed E-state index contributed by atoms with van der Waals surface area (Å²) in [7, 11) is 0. The van der Waals surface area contributed by atoms with Gasteiger partial charge < -0.3 is 16.3 Å². The van der Waals surface area contributed by atoms with Gasteiger partial charge in [-0.15, -0.1) is 0 Å². The zero-order valence-corrected chi connectivity index (χ0v) is 10.7. The molecule has 1 aliphatic rings. The van der Waals surface area contributed by atoms with Crippen LogP contribution < -0.4 is 11.2 Å². The number of hydrogen-bond donors (Lipinski definition) is 3. The Labute approximate surface area is 110 Å². The van der Waals surface area contributed by atoms with Crippen LogP contribution in [0.3, 0.4) is 0 Å². The van der Waals surface area contributed by atoms with Crippen molar-refractivity contribution >= 4 is 28.9 Å². The van der Waals surface area contributed by atoms with Gasteiger partial charge in [0.05, 0.1) is 16.3 Å². The summed E-state index contributed by atoms with van der Waals surface area (Å²) in [5.41, 5.74) is 9.57. The Balaban J connectivity index is 2.27. The summed E-state index contributed by atoms with van der Waals surface area (Å²) < 4.78 is 0. The molecule has 5 nitrogen and oxygen atoms in total. The number of carboxylic acid groups (broad SMARTS) is 1. The summed E-state index contributed by atoms with van der Waals surface area (Å²) in [6, 6.07) is 2.97. The second kappa shape index (κ2) is 5.46. The van der Waals surface area contributed by atoms with Crippen LogP contribution in [0, 0.1) is 0 Å². The summed E-state index contributed by atoms with van der Waals surface area (Å²) in [5, 5.41) is 11.5. The van der Waals surface area contributed by atoms with Gasteiger partial charge >= 0.3 is 5.97 Å². The number of rotatable bonds is 3. The van der Waals surface area contributed by atoms with Crippen molar-refractivity contribution < 1.29 is 9.90 Å². The average molecular weight is 270 g/mol. The summed E-state index contributed by atoms with van der Waals surface area (Å²) >= 11 is 6.07. The molecule has 4 N–H and O–H groups in total. The third kappa shape index (κ3) is 2.86. The number of nitrogens with two attached hydrogens (primary N) is 1. The smallest absolute Gasteiger partial charge is 0.337 e. The van der Waals surface area contributed by atoms with Gasteiger partial charge in [0.15, 0.2) is 0 Å². The summed E-state index contributed by atoms with van der Waals surface area (Å²) in [6.07, 6.45) is 3.41. The number of nitrogens with one attached hydrogen (secondary N) is 1. The predicted molar refractivity (Wildman–Crippen MR) is 71.9 cm³/mol. The van der Waals surface area contributed by atoms with E-state index in [1.807, 2.05) is 5.01 Å². The number of hydrogen-bond acceptors (Lipinski definition) is 4. The lowest BCUT2D eigenvalue weighted by Crippen LogP contribution is -2.35. The van der Waals surface area contributed by atoms with Gasteiger partial charge in [0.1, 0.15) is 0 Å². The number of nitrogens with zero attached hydrogens (tertiary/aromatic N) is 1. The average Bonchev–Trinajstić information content (AvgIpc) is 2.33. The molecule has 1 aliphatic heterocycles. The van der Waals surface area contributed by atoms with E-state index in [2.05, 4.69) is 5.43 Å². The number of carboxylic acids is 1. The molecule has 1 heterocycles. The molecule has 0 saturated carbocycles. The molecular weight excluding hydrogens is 254 g/mol. The van der Waals surface area contributed by atoms with Gasteiger partial charge in [0.2, 0.25) is 0 Å². The maximum absolute atomic E-state index is 11.2. The highest BCUT2D eigenvalue weighted by Crippen LogP contribution is 2.30. The summed E-state index contributed by atoms with van der Waals surface area (Å²) in [5.74, 6) is -1.04. The third-order valence-corrected chi connectivity index (χ3v) is 3.27. The first-order valence-electron chi connectivity index (χ1n) is 5.92. The molecule has 6 heteroatoms. The van der Waals surface area contributed by atoms with Gasteiger partial charge in [-0.25, -0.2) is 9.80 Å². The zero-order chi connectivity index (χ0) is 13.1. The second-order valence-corrected chi connectivity index (χ2v) is 4.80. The quantitative estimate of drug-likeness (QED) is 0.735. The number of halogens is 1. The zero-order valence-electron chi connectivity index (χ0n) is 9.95. The minimum atomic E-state index is -1.04. The van der Waals surface area contributed by atoms with Crippen molar-refractivity contribution in [3.63, 3.8) is 0 Å². The van der Waals surface area contributed by atoms with Crippen LogP contribution in [0.2, 0.25) is 5.02 Å². The Hall–Kier alpha value is -1.46. The molecule has 0 unspecified atom stereocenters. The number of carbonyl (C=O) groups is 1. The number of piperidine rings is 1. The fourth-order valence-electron chi connectivity index (χ4n) is 2.07. The van der Waals surface area contributed by atoms with E-state index in [-0.39, 0.29) is 5.56 Å². The number of anilines is 2. The molecule has 0 aromatic heterocycles. The van der Waals surface area contributed by atoms with Crippen molar-refractivity contribution in [3.8, 4) is 0 Å². The topological polar surface area (TPSA) is 78.6 Å². The number of aromatic carboxylic acids is 1. The van der Waals surface area contributed by atoms with Crippen molar-refractivity contribution in [2.24, 2.45) is 0 Å². The Bertz CT molecular complexity index is 459. The first-order valence-corrected chi connectivity index (χ1v) is 6.29. The second-order valence-electron chi connectivity index (χ2n) is 4.39. The van der Waals surface area contributed by atoms with Crippen LogP contribution in [0.1, 0.15) is 29.6 Å². The van der Waals surface area contributed by atoms with Gasteiger partial charge in [0, 0.05) is 18.8 Å². The molecule has 0 spiro atoms. The van der Waals surface area contributed by atoms with E-state index in [4.69, 9.17) is 17.3 Å². The van der Waals surface area contributed by atoms with Crippen molar-refractivity contribution in [2.75, 3.05) is 24.2 Å². The molecule has 98 valence electrons. The first-order chi connectivity index (χ1) is 8.58. The SMILES string of the molecule is Nc1cc(Cl)c(NN2CCCCC2)c(C(=O)O)c1. The van der Waals surface area contributed by atoms with Crippen LogP contribution in [0.5, 0.6) is 0 Å². The Kier molecular flexibility index (Phi) is 3.93. The predicted octanol–water partition coefficient (Wildman–Crippen LogP) is 2.43. The van der Waals surface area contributed by atoms with Gasteiger partial charge in [0.25, 0.3) is 0 Å². The minimum Gasteiger partial charge on any atom is -0.478 e. The molecule has 0 aliphatic carbocycles. The molecule has 18 heavy (non-hydrogen) atoms. The number of benzene rings is 1. The van der Waals surface area contributed by atoms with Gasteiger partial charge in [-0.3, -0.25) is 0 Å². The molecule has 0 radical (unpaired) electrons. The van der Waals surface area contributed by atoms with Crippen LogP contribution in [-0.2, 0) is 0 Å². The van der Waals surface area contributed by atoms with Crippen molar-refractivity contribution in [2.45, 2.75) is 19.3 Å². The summed E-state index contributed by atoms with van der Waals surface area (Å²) in [6.45, 7) is 1.78. The molecular formula is C12H16ClN3O2. The molecule has 1 aromatic carbocycles. The van der Waals surface area contributed by atoms with Crippen molar-refractivity contribution in [3.05, 3.63) is 22.7 Å². The lowest BCUT2D eigenvalue weighted by Gasteiger charge is -2.29. The fourth-order valence-corrected chi connectivity index (χ4v) is 2.34. The van der Waals surface area contributed by atoms with Crippen molar-refractivity contribution in [1.82, 2.24) is 5.01 Å². The van der Waals surface area contributed by atoms with Crippen LogP contribution >= 0.6 is 11.6 Å². The maximum Gasteiger partial charge on any atom is 0.337 e. The monoisotopic (exact) mass is 269 g/mol. The van der Waals surface area contributed by atoms with E-state index >= 15 is 0 Å². The maximum atomic E-state index is 11.2. The Morgan fingerprint density at radius 1 is 1.33 bits per heavy atom. The highest BCUT2D eigenvalue weighted by molar-refractivity contribution is 6.34. The fraction of sp³-hybridized carbons (Fsp3) is 0.417. The van der Waals surface area contributed by atoms with E-state index < -0.39 is 5.97 Å². The summed E-state index contributed by atoms with van der Waals surface area (Å²) in [4.78, 5) is 11.2. The molecule has 0 bridgehead atoms. The normalized spacial score (nSPS) is 16.5. The third-order valence-electron chi connectivity index (χ3n) is 2.97. The lowest BCUT2D eigenvalue weighted by atomic mass is 10.1. The van der Waals surface area contributed by atoms with Gasteiger partial charge in [-0.1, -0.05) is 18.0 Å². The van der Waals surface area contributed by atoms with E-state index in [0.717, 1.165) is 25.9 Å². The molecule has 1 fully saturated rings. The molecule has 1 saturated heterocycles. The highest BCUT2D eigenvalue weighted by atomic mass is 35.5. The molecule has 0 atom stereocenters. The molecule has 1 aromatic rings. The standard InChI is InChI=1S/C12H16ClN3O2/c13-10-7-8(14)6-9(12(17)18)11(10)15-16-4-2-1-3-5-16/h6-7,15H,1-5,14H2,(H,17,18). The minimum absolute atomic E-state index is 0.102. The molecule has 0 amide bonds. The highest BCUT2D eigenvalue weighted by Gasteiger charge is 2.18. The van der Waals surface area contributed by atoms with Crippen LogP contribution in [-0.4, -0.2) is 29.2 Å². The molecule has 2 rings (SSSR count). The number of hydrazine groups is 1. The van der Waals surface area contributed by atoms with Crippen LogP contribution in [0.4, 0.5) is 11.4 Å². The van der Waals surface area contributed by atoms with Gasteiger partial charge in [-0.2, -0.15) is 0 Å². The van der Waals surface area contributed by atoms with Crippen molar-refractivity contribution in [1.29, 1.82) is 0 Å². The van der Waals surface area contributed by atoms with E-state index in [0.29, 0.717) is 16.4 Å².